The lowest BCUT2D eigenvalue weighted by atomic mass is 9.88. The number of aliphatic hydroxyl groups is 2. The molecule has 0 spiro atoms. The number of esters is 2. The minimum absolute atomic E-state index is 0.00671. The van der Waals surface area contributed by atoms with Crippen molar-refractivity contribution in [1.82, 2.24) is 15.1 Å². The van der Waals surface area contributed by atoms with Gasteiger partial charge >= 0.3 is 18.0 Å². The predicted molar refractivity (Wildman–Crippen MR) is 296 cm³/mol. The van der Waals surface area contributed by atoms with Crippen molar-refractivity contribution in [3.8, 4) is 11.1 Å². The zero-order valence-corrected chi connectivity index (χ0v) is 48.4. The van der Waals surface area contributed by atoms with E-state index in [4.69, 9.17) is 48.4 Å². The van der Waals surface area contributed by atoms with Gasteiger partial charge in [-0.1, -0.05) is 91.7 Å². The Morgan fingerprint density at radius 3 is 1.56 bits per heavy atom. The van der Waals surface area contributed by atoms with E-state index in [-0.39, 0.29) is 53.7 Å². The van der Waals surface area contributed by atoms with Crippen LogP contribution in [-0.4, -0.2) is 190 Å². The molecule has 77 heavy (non-hydrogen) atoms. The molecular weight excluding hydrogens is 1070 g/mol. The molecule has 18 nitrogen and oxygen atoms in total. The lowest BCUT2D eigenvalue weighted by Gasteiger charge is -2.46. The Morgan fingerprint density at radius 2 is 1.12 bits per heavy atom. The minimum atomic E-state index is -1.21. The highest BCUT2D eigenvalue weighted by Gasteiger charge is 2.64. The fourth-order valence-electron chi connectivity index (χ4n) is 12.1. The van der Waals surface area contributed by atoms with Crippen LogP contribution in [-0.2, 0) is 52.2 Å². The summed E-state index contributed by atoms with van der Waals surface area (Å²) in [5.41, 5.74) is 10.4. The van der Waals surface area contributed by atoms with Gasteiger partial charge < -0.3 is 63.9 Å². The zero-order valence-electron chi connectivity index (χ0n) is 45.1. The lowest BCUT2D eigenvalue weighted by Crippen LogP contribution is -2.65. The molecule has 0 aromatic heterocycles. The largest absolute Gasteiger partial charge is 0.457 e. The molecular formula is C55H78N4O14S4. The summed E-state index contributed by atoms with van der Waals surface area (Å²) in [7, 11) is 7.00. The van der Waals surface area contributed by atoms with Crippen LogP contribution in [0, 0.1) is 0 Å². The second kappa shape index (κ2) is 23.5. The van der Waals surface area contributed by atoms with Crippen LogP contribution in [0.1, 0.15) is 110 Å². The molecule has 0 radical (unpaired) electrons. The average molecular weight is 1150 g/mol. The number of alkyl carbamates (subject to hydrolysis) is 1. The maximum atomic E-state index is 13.1. The standard InChI is InChI=1S/C35H44N2O8S2.C20H34N2O6S2/c1-33(2)44-31-30(39)28(43-29(38)18-22-12-17-46-47-22)20-42-35(31,45-33)21-37-15-13-34(3,14-16-37)36-32(40)41-19-27-25-10-6-4-8-23(25)24-9-5-7-11-26(24)27;1-18(2)27-17-16(24)14(26-15(23)10-13-4-9-29-30-13)11-25-20(17,28-18)12-22-7-5-19(3,21)6-8-22/h4-11,22,27-28,30-31,39H,12-21H2,1-3H3,(H,36,40);13-14,16-17,24H,4-12,21H2,1-3H3/t22?,28-,30-,31+,35+;13?,14-,16-,17+,20+/m11/s1. The van der Waals surface area contributed by atoms with Gasteiger partial charge in [-0.3, -0.25) is 19.4 Å². The molecule has 426 valence electrons. The van der Waals surface area contributed by atoms with Crippen LogP contribution in [0.15, 0.2) is 48.5 Å². The van der Waals surface area contributed by atoms with Crippen molar-refractivity contribution in [2.75, 3.05) is 70.6 Å². The topological polar surface area (TPSA) is 219 Å². The first-order chi connectivity index (χ1) is 36.6. The van der Waals surface area contributed by atoms with Crippen LogP contribution in [0.3, 0.4) is 0 Å². The molecule has 10 atom stereocenters. The summed E-state index contributed by atoms with van der Waals surface area (Å²) >= 11 is 0. The average Bonchev–Trinajstić information content (AvgIpc) is 4.25. The van der Waals surface area contributed by atoms with E-state index in [0.717, 1.165) is 50.3 Å². The van der Waals surface area contributed by atoms with E-state index >= 15 is 0 Å². The predicted octanol–water partition coefficient (Wildman–Crippen LogP) is 6.57. The van der Waals surface area contributed by atoms with Gasteiger partial charge in [-0.25, -0.2) is 4.79 Å². The Morgan fingerprint density at radius 1 is 0.675 bits per heavy atom. The number of amides is 1. The summed E-state index contributed by atoms with van der Waals surface area (Å²) in [6, 6.07) is 16.6. The van der Waals surface area contributed by atoms with Gasteiger partial charge in [0.15, 0.2) is 23.8 Å². The summed E-state index contributed by atoms with van der Waals surface area (Å²) in [5.74, 6) is -2.73. The molecule has 8 saturated heterocycles. The highest BCUT2D eigenvalue weighted by atomic mass is 33.1. The number of nitrogens with two attached hydrogens (primary N) is 1. The minimum Gasteiger partial charge on any atom is -0.457 e. The second-order valence-corrected chi connectivity index (χ2v) is 29.2. The molecule has 8 aliphatic heterocycles. The van der Waals surface area contributed by atoms with Crippen LogP contribution in [0.4, 0.5) is 4.79 Å². The molecule has 2 aromatic rings. The number of hydrogen-bond acceptors (Lipinski definition) is 21. The van der Waals surface area contributed by atoms with Gasteiger partial charge in [-0.05, 0) is 102 Å². The third-order valence-corrected chi connectivity index (χ3v) is 22.2. The highest BCUT2D eigenvalue weighted by molar-refractivity contribution is 8.77. The van der Waals surface area contributed by atoms with E-state index in [1.54, 1.807) is 57.0 Å². The number of carbonyl (C=O) groups excluding carboxylic acids is 3. The number of fused-ring (bicyclic) bond motifs is 5. The van der Waals surface area contributed by atoms with Crippen LogP contribution in [0.2, 0.25) is 0 Å². The lowest BCUT2D eigenvalue weighted by molar-refractivity contribution is -0.299. The second-order valence-electron chi connectivity index (χ2n) is 23.6. The first kappa shape index (κ1) is 57.8. The Kier molecular flexibility index (Phi) is 17.6. The maximum absolute atomic E-state index is 13.1. The Balaban J connectivity index is 0.000000193. The van der Waals surface area contributed by atoms with Crippen LogP contribution < -0.4 is 11.1 Å². The van der Waals surface area contributed by atoms with Crippen molar-refractivity contribution in [2.24, 2.45) is 5.73 Å². The zero-order chi connectivity index (χ0) is 54.4. The van der Waals surface area contributed by atoms with Gasteiger partial charge in [0.05, 0.1) is 39.1 Å². The molecule has 8 fully saturated rings. The quantitative estimate of drug-likeness (QED) is 0.0947. The third-order valence-electron chi connectivity index (χ3n) is 16.3. The Labute approximate surface area is 468 Å². The van der Waals surface area contributed by atoms with Crippen LogP contribution in [0.5, 0.6) is 0 Å². The van der Waals surface area contributed by atoms with E-state index in [1.165, 1.54) is 22.3 Å². The molecule has 1 aliphatic carbocycles. The van der Waals surface area contributed by atoms with E-state index in [1.807, 2.05) is 45.0 Å². The van der Waals surface area contributed by atoms with E-state index in [9.17, 15) is 24.6 Å². The smallest absolute Gasteiger partial charge is 0.407 e. The van der Waals surface area contributed by atoms with Crippen molar-refractivity contribution >= 4 is 61.2 Å². The number of carbonyl (C=O) groups is 3. The number of benzene rings is 2. The summed E-state index contributed by atoms with van der Waals surface area (Å²) in [6.07, 6.45) is 0.135. The normalized spacial score (nSPS) is 34.9. The van der Waals surface area contributed by atoms with Gasteiger partial charge in [-0.2, -0.15) is 0 Å². The summed E-state index contributed by atoms with van der Waals surface area (Å²) in [6.45, 7) is 15.6. The third kappa shape index (κ3) is 13.4. The van der Waals surface area contributed by atoms with Crippen molar-refractivity contribution in [3.05, 3.63) is 59.7 Å². The molecule has 8 heterocycles. The maximum Gasteiger partial charge on any atom is 0.407 e. The molecule has 9 aliphatic rings. The molecule has 11 rings (SSSR count). The first-order valence-corrected chi connectivity index (χ1v) is 32.1. The summed E-state index contributed by atoms with van der Waals surface area (Å²) in [4.78, 5) is 42.6. The van der Waals surface area contributed by atoms with Crippen molar-refractivity contribution in [3.63, 3.8) is 0 Å². The van der Waals surface area contributed by atoms with Gasteiger partial charge in [-0.15, -0.1) is 0 Å². The number of nitrogens with zero attached hydrogens (tertiary/aromatic N) is 2. The monoisotopic (exact) mass is 1150 g/mol. The Hall–Kier alpha value is -2.39. The van der Waals surface area contributed by atoms with Crippen molar-refractivity contribution < 1.29 is 67.2 Å². The number of aliphatic hydroxyl groups excluding tert-OH is 2. The van der Waals surface area contributed by atoms with E-state index in [2.05, 4.69) is 46.3 Å². The molecule has 0 bridgehead atoms. The van der Waals surface area contributed by atoms with Gasteiger partial charge in [0.25, 0.3) is 0 Å². The number of hydrogen-bond donors (Lipinski definition) is 4. The summed E-state index contributed by atoms with van der Waals surface area (Å²) in [5, 5.41) is 26.0. The summed E-state index contributed by atoms with van der Waals surface area (Å²) < 4.78 is 54.4. The van der Waals surface area contributed by atoms with Crippen LogP contribution in [0.25, 0.3) is 11.1 Å². The molecule has 1 amide bonds. The Bertz CT molecular complexity index is 2370. The number of nitrogens with one attached hydrogen (secondary N) is 1. The number of likely N-dealkylation sites (tertiary alicyclic amines) is 2. The van der Waals surface area contributed by atoms with E-state index < -0.39 is 71.4 Å². The number of piperidine rings is 2. The SMILES string of the molecule is CC1(N)CCN(C[C@@]23OC[C@@H](OC(=O)CC4CCSS4)[C@@H](O)[C@@H]2OC(C)(C)O3)CC1.CC1(NC(=O)OCC2c3ccccc3-c3ccccc32)CCN(C[C@@]23OC[C@@H](OC(=O)CC4CCSS4)[C@@H](O)[C@@H]2OC(C)(C)O3)CC1. The van der Waals surface area contributed by atoms with Crippen LogP contribution >= 0.6 is 43.2 Å². The van der Waals surface area contributed by atoms with Gasteiger partial charge in [0.1, 0.15) is 31.0 Å². The molecule has 22 heteroatoms. The first-order valence-electron chi connectivity index (χ1n) is 27.3. The van der Waals surface area contributed by atoms with Gasteiger partial charge in [0.2, 0.25) is 11.6 Å². The number of rotatable bonds is 13. The molecule has 0 saturated carbocycles. The number of ether oxygens (including phenoxy) is 9. The molecule has 5 N–H and O–H groups in total. The van der Waals surface area contributed by atoms with E-state index in [0.29, 0.717) is 51.9 Å². The van der Waals surface area contributed by atoms with Crippen molar-refractivity contribution in [2.45, 2.75) is 180 Å². The fraction of sp³-hybridized carbons (Fsp3) is 0.727. The molecule has 2 unspecified atom stereocenters. The van der Waals surface area contributed by atoms with Gasteiger partial charge in [0, 0.05) is 65.2 Å². The van der Waals surface area contributed by atoms with Crippen molar-refractivity contribution in [1.29, 1.82) is 0 Å². The molecule has 2 aromatic carbocycles. The fourth-order valence-corrected chi connectivity index (χ4v) is 17.9. The highest BCUT2D eigenvalue weighted by Crippen LogP contribution is 2.48.